The average molecular weight is 1230 g/mol. The molecule has 21 nitrogen and oxygen atoms in total. The number of methoxy groups -OCH3 is 2. The molecule has 1 aromatic heterocycles. The topological polar surface area (TPSA) is 274 Å². The Balaban J connectivity index is 0.900. The second kappa shape index (κ2) is 24.4. The molecule has 0 radical (unpaired) electrons. The SMILES string of the molecule is COc1c(N2CCC(NC3CCN(c4cc(O)c5nc6c7c8c9c(C)c(O)c7c(=O)c(c-6oc5c4)NC(=O)/C(C)=C\C=C\[C@H](C)[C@H](O)[C@@H](C)[C@@H](O)[C@@H](C)[C@H](OC(C)=O)[C@H](C)[C@@H](OC)/C=C/O[C@@](C)(O9)C8=O)CC3)CC2)c(F)cc2c(=O)c(C)cn(C3CC3)c12. The van der Waals surface area contributed by atoms with E-state index in [0.29, 0.717) is 59.8 Å². The van der Waals surface area contributed by atoms with Crippen molar-refractivity contribution in [3.63, 3.8) is 0 Å². The van der Waals surface area contributed by atoms with Gasteiger partial charge in [-0.2, -0.15) is 0 Å². The number of Topliss-reactive ketones (excluding diaryl/α,β-unsaturated/α-hetero) is 1. The number of allylic oxidation sites excluding steroid dienone is 2. The lowest BCUT2D eigenvalue weighted by Crippen LogP contribution is -2.50. The highest BCUT2D eigenvalue weighted by Gasteiger charge is 2.50. The number of nitrogens with zero attached hydrogens (tertiary/aromatic N) is 4. The summed E-state index contributed by atoms with van der Waals surface area (Å²) < 4.78 is 54.8. The molecule has 1 amide bonds. The maximum atomic E-state index is 16.1. The summed E-state index contributed by atoms with van der Waals surface area (Å²) in [6.07, 6.45) is 10.2. The van der Waals surface area contributed by atoms with Crippen LogP contribution in [0.3, 0.4) is 0 Å². The molecule has 474 valence electrons. The lowest BCUT2D eigenvalue weighted by molar-refractivity contribution is -0.160. The van der Waals surface area contributed by atoms with Gasteiger partial charge in [-0.15, -0.1) is 0 Å². The number of anilines is 3. The lowest BCUT2D eigenvalue weighted by Gasteiger charge is -2.39. The highest BCUT2D eigenvalue weighted by Crippen LogP contribution is 2.52. The molecular formula is C67H79FN6O15. The van der Waals surface area contributed by atoms with Crippen LogP contribution in [-0.4, -0.2) is 130 Å². The van der Waals surface area contributed by atoms with Gasteiger partial charge in [-0.3, -0.25) is 24.0 Å². The molecule has 2 saturated heterocycles. The minimum Gasteiger partial charge on any atom is -0.507 e. The summed E-state index contributed by atoms with van der Waals surface area (Å²) in [7, 11) is 2.96. The number of carbonyl (C=O) groups excluding carboxylic acids is 3. The van der Waals surface area contributed by atoms with E-state index >= 15 is 14.0 Å². The van der Waals surface area contributed by atoms with E-state index in [0.717, 1.165) is 38.5 Å². The number of phenolic OH excluding ortho intramolecular Hbond substituents is 2. The highest BCUT2D eigenvalue weighted by atomic mass is 19.1. The van der Waals surface area contributed by atoms with E-state index in [1.165, 1.54) is 66.4 Å². The van der Waals surface area contributed by atoms with Gasteiger partial charge in [-0.25, -0.2) is 9.37 Å². The number of hydrogen-bond acceptors (Lipinski definition) is 19. The van der Waals surface area contributed by atoms with E-state index < -0.39 is 94.2 Å². The maximum absolute atomic E-state index is 16.1. The lowest BCUT2D eigenvalue weighted by atomic mass is 9.78. The Morgan fingerprint density at radius 2 is 1.53 bits per heavy atom. The zero-order chi connectivity index (χ0) is 63.8. The second-order valence-electron chi connectivity index (χ2n) is 25.1. The number of fused-ring (bicyclic) bond motifs is 15. The average Bonchev–Trinajstić information content (AvgIpc) is 1.70. The smallest absolute Gasteiger partial charge is 0.312 e. The van der Waals surface area contributed by atoms with Crippen LogP contribution in [0.25, 0.3) is 44.2 Å². The van der Waals surface area contributed by atoms with E-state index in [2.05, 4.69) is 20.1 Å². The number of aromatic hydroxyl groups is 2. The van der Waals surface area contributed by atoms with Gasteiger partial charge < -0.3 is 73.5 Å². The van der Waals surface area contributed by atoms with E-state index in [1.807, 2.05) is 11.1 Å². The monoisotopic (exact) mass is 1230 g/mol. The Kier molecular flexibility index (Phi) is 17.1. The molecule has 3 aromatic carbocycles. The molecule has 0 spiro atoms. The van der Waals surface area contributed by atoms with E-state index in [-0.39, 0.29) is 85.1 Å². The number of aliphatic hydroxyl groups is 2. The largest absolute Gasteiger partial charge is 0.507 e. The van der Waals surface area contributed by atoms with Crippen molar-refractivity contribution in [1.82, 2.24) is 14.9 Å². The van der Waals surface area contributed by atoms with Crippen LogP contribution in [0.1, 0.15) is 115 Å². The first-order valence-electron chi connectivity index (χ1n) is 30.7. The van der Waals surface area contributed by atoms with Gasteiger partial charge in [0, 0.05) is 135 Å². The normalized spacial score (nSPS) is 27.4. The van der Waals surface area contributed by atoms with Crippen molar-refractivity contribution >= 4 is 67.5 Å². The van der Waals surface area contributed by atoms with Crippen molar-refractivity contribution in [2.24, 2.45) is 23.7 Å². The van der Waals surface area contributed by atoms with Gasteiger partial charge in [-0.1, -0.05) is 45.9 Å². The van der Waals surface area contributed by atoms with Crippen LogP contribution in [0.15, 0.2) is 74.5 Å². The quantitative estimate of drug-likeness (QED) is 0.0471. The molecule has 6 aliphatic heterocycles. The first-order chi connectivity index (χ1) is 42.3. The number of aliphatic hydroxyl groups excluding tert-OH is 2. The van der Waals surface area contributed by atoms with Crippen LogP contribution in [0.5, 0.6) is 23.0 Å². The Labute approximate surface area is 514 Å². The fourth-order valence-electron chi connectivity index (χ4n) is 13.7. The van der Waals surface area contributed by atoms with Crippen LogP contribution in [0, 0.1) is 43.3 Å². The van der Waals surface area contributed by atoms with Crippen LogP contribution < -0.4 is 40.8 Å². The number of aromatic nitrogens is 2. The van der Waals surface area contributed by atoms with Crippen molar-refractivity contribution in [3.8, 4) is 34.5 Å². The molecule has 5 bridgehead atoms. The van der Waals surface area contributed by atoms with Gasteiger partial charge >= 0.3 is 11.8 Å². The Morgan fingerprint density at radius 1 is 0.854 bits per heavy atom. The van der Waals surface area contributed by atoms with Crippen molar-refractivity contribution < 1.29 is 67.3 Å². The number of esters is 1. The zero-order valence-electron chi connectivity index (χ0n) is 52.1. The van der Waals surface area contributed by atoms with E-state index in [4.69, 9.17) is 33.1 Å². The number of ketones is 1. The molecule has 3 fully saturated rings. The fourth-order valence-corrected chi connectivity index (χ4v) is 13.7. The number of phenols is 2. The number of rotatable bonds is 8. The number of carbonyl (C=O) groups is 3. The van der Waals surface area contributed by atoms with Gasteiger partial charge in [0.1, 0.15) is 45.9 Å². The molecule has 8 aliphatic rings. The Hall–Kier alpha value is -8.05. The number of aryl methyl sites for hydroxylation is 1. The van der Waals surface area contributed by atoms with Gasteiger partial charge in [0.15, 0.2) is 28.3 Å². The predicted octanol–water partition coefficient (Wildman–Crippen LogP) is 8.99. The summed E-state index contributed by atoms with van der Waals surface area (Å²) in [6.45, 7) is 16.5. The van der Waals surface area contributed by atoms with Gasteiger partial charge in [0.05, 0.1) is 53.5 Å². The summed E-state index contributed by atoms with van der Waals surface area (Å²) in [5.41, 5.74) is 0.400. The minimum atomic E-state index is -2.12. The standard InChI is InChI=1S/C67H79FN6O15/c1-31-13-12-14-32(2)66(83)71-53-60(81)49-48(50-62(37(7)59(49)80)89-67(9,65(50)82)86-26-21-46(84-10)34(4)61(87-38(8)75)36(6)58(79)35(5)56(31)77)52-63(53)88-47-28-42(27-45(76)51(47)70-52)72-22-17-39(18-23-72)69-40-19-24-73(25-20-40)55-44(68)29-43-54(64(55)85-11)74(41-15-16-41)30-33(3)57(43)78/h12-14,21,26-31,34-36,39-41,46,56,58,61,69,76-77,79-80H,15-20,22-25H2,1-11H3,(H,71,83)/b13-12+,26-21+,32-14-/t31-,34+,35+,36+,46-,56-,58+,61+,67-/m0/s1. The van der Waals surface area contributed by atoms with Crippen molar-refractivity contribution in [2.45, 2.75) is 149 Å². The van der Waals surface area contributed by atoms with Crippen molar-refractivity contribution in [3.05, 3.63) is 103 Å². The third-order valence-corrected chi connectivity index (χ3v) is 19.1. The van der Waals surface area contributed by atoms with Gasteiger partial charge in [-0.05, 0) is 71.4 Å². The molecular weight excluding hydrogens is 1150 g/mol. The van der Waals surface area contributed by atoms with Crippen LogP contribution in [0.2, 0.25) is 0 Å². The van der Waals surface area contributed by atoms with Gasteiger partial charge in [0.25, 0.3) is 11.7 Å². The molecule has 22 heteroatoms. The Bertz CT molecular complexity index is 4010. The number of ether oxygens (including phenoxy) is 5. The number of piperidine rings is 2. The molecule has 1 saturated carbocycles. The number of amides is 1. The maximum Gasteiger partial charge on any atom is 0.312 e. The molecule has 0 unspecified atom stereocenters. The molecule has 6 N–H and O–H groups in total. The third kappa shape index (κ3) is 11.3. The minimum absolute atomic E-state index is 0.00485. The van der Waals surface area contributed by atoms with Crippen LogP contribution >= 0.6 is 0 Å². The second-order valence-corrected chi connectivity index (χ2v) is 25.1. The first kappa shape index (κ1) is 62.6. The molecule has 89 heavy (non-hydrogen) atoms. The third-order valence-electron chi connectivity index (χ3n) is 19.1. The van der Waals surface area contributed by atoms with E-state index in [1.54, 1.807) is 58.9 Å². The van der Waals surface area contributed by atoms with Crippen molar-refractivity contribution in [2.75, 3.05) is 55.5 Å². The predicted molar refractivity (Wildman–Crippen MR) is 334 cm³/mol. The number of hydrogen-bond donors (Lipinski definition) is 6. The highest BCUT2D eigenvalue weighted by molar-refractivity contribution is 6.22. The number of halogens is 1. The number of pyridine rings is 1. The molecule has 2 aliphatic carbocycles. The molecule has 12 rings (SSSR count). The molecule has 7 heterocycles. The summed E-state index contributed by atoms with van der Waals surface area (Å²) in [4.78, 5) is 79.2. The Morgan fingerprint density at radius 3 is 2.17 bits per heavy atom. The number of benzene rings is 4. The summed E-state index contributed by atoms with van der Waals surface area (Å²) >= 11 is 0. The zero-order valence-corrected chi connectivity index (χ0v) is 52.1. The van der Waals surface area contributed by atoms with Crippen LogP contribution in [-0.2, 0) is 23.8 Å². The summed E-state index contributed by atoms with van der Waals surface area (Å²) in [5, 5.41) is 53.5. The van der Waals surface area contributed by atoms with Crippen LogP contribution in [0.4, 0.5) is 21.5 Å². The van der Waals surface area contributed by atoms with E-state index in [9.17, 15) is 34.8 Å². The summed E-state index contributed by atoms with van der Waals surface area (Å²) in [6, 6.07) is 5.17. The molecule has 9 atom stereocenters. The number of nitrogens with one attached hydrogen (secondary N) is 2. The summed E-state index contributed by atoms with van der Waals surface area (Å²) in [5.74, 6) is -8.27. The van der Waals surface area contributed by atoms with Crippen molar-refractivity contribution in [1.29, 1.82) is 0 Å². The first-order valence-corrected chi connectivity index (χ1v) is 30.7. The van der Waals surface area contributed by atoms with Gasteiger partial charge in [0.2, 0.25) is 5.43 Å². The fraction of sp³-hybridized carbons (Fsp3) is 0.493. The molecule has 4 aromatic rings.